The first kappa shape index (κ1) is 12.5. The summed E-state index contributed by atoms with van der Waals surface area (Å²) in [5.41, 5.74) is 0. The molecule has 82 valence electrons. The van der Waals surface area contributed by atoms with Gasteiger partial charge < -0.3 is 5.11 Å². The first-order valence-corrected chi connectivity index (χ1v) is 7.46. The minimum absolute atomic E-state index is 0.284. The molecule has 0 unspecified atom stereocenters. The number of thioether (sulfide) groups is 2. The SMILES string of the molecule is C[C@@H](O)/C=C/CCCC1SCCCS1. The van der Waals surface area contributed by atoms with E-state index < -0.39 is 0 Å². The summed E-state index contributed by atoms with van der Waals surface area (Å²) in [4.78, 5) is 0. The lowest BCUT2D eigenvalue weighted by molar-refractivity contribution is 0.244. The molecule has 1 aliphatic rings. The Kier molecular flexibility index (Phi) is 6.82. The zero-order valence-corrected chi connectivity index (χ0v) is 10.4. The Balaban J connectivity index is 1.97. The molecule has 1 heterocycles. The number of hydrogen-bond donors (Lipinski definition) is 1. The maximum absolute atomic E-state index is 9.01. The molecule has 0 spiro atoms. The molecule has 3 heteroatoms. The predicted molar refractivity (Wildman–Crippen MR) is 68.0 cm³/mol. The van der Waals surface area contributed by atoms with Crippen LogP contribution in [0.3, 0.4) is 0 Å². The van der Waals surface area contributed by atoms with Crippen molar-refractivity contribution < 1.29 is 5.11 Å². The van der Waals surface area contributed by atoms with Crippen molar-refractivity contribution in [3.05, 3.63) is 12.2 Å². The lowest BCUT2D eigenvalue weighted by Gasteiger charge is -2.20. The average Bonchev–Trinajstić information content (AvgIpc) is 2.18. The van der Waals surface area contributed by atoms with Crippen LogP contribution in [0.2, 0.25) is 0 Å². The van der Waals surface area contributed by atoms with Crippen molar-refractivity contribution in [1.82, 2.24) is 0 Å². The first-order chi connectivity index (χ1) is 6.79. The van der Waals surface area contributed by atoms with Crippen LogP contribution in [-0.4, -0.2) is 27.3 Å². The predicted octanol–water partition coefficient (Wildman–Crippen LogP) is 3.29. The number of allylic oxidation sites excluding steroid dienone is 1. The van der Waals surface area contributed by atoms with Gasteiger partial charge in [0.1, 0.15) is 0 Å². The number of hydrogen-bond acceptors (Lipinski definition) is 3. The highest BCUT2D eigenvalue weighted by molar-refractivity contribution is 8.17. The lowest BCUT2D eigenvalue weighted by Crippen LogP contribution is -2.06. The molecule has 1 saturated heterocycles. The van der Waals surface area contributed by atoms with E-state index in [-0.39, 0.29) is 6.10 Å². The molecule has 0 aromatic heterocycles. The Morgan fingerprint density at radius 2 is 2.14 bits per heavy atom. The highest BCUT2D eigenvalue weighted by Gasteiger charge is 2.12. The zero-order chi connectivity index (χ0) is 10.2. The van der Waals surface area contributed by atoms with Gasteiger partial charge in [0.2, 0.25) is 0 Å². The van der Waals surface area contributed by atoms with Crippen molar-refractivity contribution in [2.24, 2.45) is 0 Å². The molecule has 0 aromatic rings. The summed E-state index contributed by atoms with van der Waals surface area (Å²) in [6.45, 7) is 1.79. The van der Waals surface area contributed by atoms with Gasteiger partial charge in [0.25, 0.3) is 0 Å². The molecule has 0 bridgehead atoms. The van der Waals surface area contributed by atoms with E-state index in [1.165, 1.54) is 30.8 Å². The van der Waals surface area contributed by atoms with Crippen LogP contribution in [0.15, 0.2) is 12.2 Å². The number of unbranched alkanes of at least 4 members (excludes halogenated alkanes) is 1. The average molecular weight is 232 g/mol. The van der Waals surface area contributed by atoms with E-state index >= 15 is 0 Å². The van der Waals surface area contributed by atoms with E-state index in [4.69, 9.17) is 5.11 Å². The number of rotatable bonds is 5. The quantitative estimate of drug-likeness (QED) is 0.580. The second kappa shape index (κ2) is 7.66. The van der Waals surface area contributed by atoms with E-state index in [0.29, 0.717) is 0 Å². The Morgan fingerprint density at radius 1 is 1.43 bits per heavy atom. The molecular formula is C11H20OS2. The summed E-state index contributed by atoms with van der Waals surface area (Å²) >= 11 is 4.23. The first-order valence-electron chi connectivity index (χ1n) is 5.37. The van der Waals surface area contributed by atoms with E-state index in [9.17, 15) is 0 Å². The van der Waals surface area contributed by atoms with Crippen molar-refractivity contribution >= 4 is 23.5 Å². The fourth-order valence-electron chi connectivity index (χ4n) is 1.40. The molecule has 0 saturated carbocycles. The van der Waals surface area contributed by atoms with Crippen LogP contribution in [0.1, 0.15) is 32.6 Å². The van der Waals surface area contributed by atoms with Gasteiger partial charge in [-0.2, -0.15) is 0 Å². The normalized spacial score (nSPS) is 21.6. The number of aliphatic hydroxyl groups excluding tert-OH is 1. The third-order valence-corrected chi connectivity index (χ3v) is 5.20. The Labute approximate surface area is 95.7 Å². The van der Waals surface area contributed by atoms with Gasteiger partial charge >= 0.3 is 0 Å². The van der Waals surface area contributed by atoms with Gasteiger partial charge in [0, 0.05) is 0 Å². The van der Waals surface area contributed by atoms with Crippen LogP contribution in [0.5, 0.6) is 0 Å². The zero-order valence-electron chi connectivity index (χ0n) is 8.82. The van der Waals surface area contributed by atoms with Crippen LogP contribution < -0.4 is 0 Å². The van der Waals surface area contributed by atoms with E-state index in [2.05, 4.69) is 29.6 Å². The maximum atomic E-state index is 9.01. The van der Waals surface area contributed by atoms with Crippen molar-refractivity contribution in [3.63, 3.8) is 0 Å². The minimum atomic E-state index is -0.284. The van der Waals surface area contributed by atoms with Crippen molar-refractivity contribution in [1.29, 1.82) is 0 Å². The molecule has 1 N–H and O–H groups in total. The molecule has 1 nitrogen and oxygen atoms in total. The fraction of sp³-hybridized carbons (Fsp3) is 0.818. The van der Waals surface area contributed by atoms with Crippen molar-refractivity contribution in [2.45, 2.75) is 43.3 Å². The molecule has 0 aromatic carbocycles. The minimum Gasteiger partial charge on any atom is -0.389 e. The summed E-state index contributed by atoms with van der Waals surface area (Å²) in [6, 6.07) is 0. The third-order valence-electron chi connectivity index (χ3n) is 2.12. The Morgan fingerprint density at radius 3 is 2.79 bits per heavy atom. The van der Waals surface area contributed by atoms with E-state index in [1.54, 1.807) is 6.92 Å². The van der Waals surface area contributed by atoms with Crippen molar-refractivity contribution in [2.75, 3.05) is 11.5 Å². The lowest BCUT2D eigenvalue weighted by atomic mass is 10.2. The van der Waals surface area contributed by atoms with E-state index in [1.807, 2.05) is 6.08 Å². The summed E-state index contributed by atoms with van der Waals surface area (Å²) in [5, 5.41) is 9.01. The largest absolute Gasteiger partial charge is 0.389 e. The Bertz CT molecular complexity index is 163. The van der Waals surface area contributed by atoms with Gasteiger partial charge in [-0.25, -0.2) is 0 Å². The van der Waals surface area contributed by atoms with Gasteiger partial charge in [-0.05, 0) is 44.1 Å². The highest BCUT2D eigenvalue weighted by Crippen LogP contribution is 2.33. The highest BCUT2D eigenvalue weighted by atomic mass is 32.2. The molecule has 1 atom stereocenters. The smallest absolute Gasteiger partial charge is 0.0692 e. The molecule has 0 aliphatic carbocycles. The fourth-order valence-corrected chi connectivity index (χ4v) is 4.36. The molecular weight excluding hydrogens is 212 g/mol. The monoisotopic (exact) mass is 232 g/mol. The van der Waals surface area contributed by atoms with Crippen LogP contribution in [0.25, 0.3) is 0 Å². The van der Waals surface area contributed by atoms with Crippen LogP contribution in [-0.2, 0) is 0 Å². The third kappa shape index (κ3) is 5.99. The molecule has 1 fully saturated rings. The second-order valence-electron chi connectivity index (χ2n) is 3.62. The Hall–Kier alpha value is 0.400. The number of aliphatic hydroxyl groups is 1. The summed E-state index contributed by atoms with van der Waals surface area (Å²) in [7, 11) is 0. The second-order valence-corrected chi connectivity index (χ2v) is 6.54. The van der Waals surface area contributed by atoms with Gasteiger partial charge in [-0.15, -0.1) is 23.5 Å². The van der Waals surface area contributed by atoms with Crippen LogP contribution >= 0.6 is 23.5 Å². The topological polar surface area (TPSA) is 20.2 Å². The standard InChI is InChI=1S/C11H20OS2/c1-10(12)6-3-2-4-7-11-13-8-5-9-14-11/h3,6,10-12H,2,4-5,7-9H2,1H3/b6-3+/t10-/m1/s1. The summed E-state index contributed by atoms with van der Waals surface area (Å²) in [5.74, 6) is 2.70. The molecule has 1 rings (SSSR count). The van der Waals surface area contributed by atoms with Gasteiger partial charge in [-0.1, -0.05) is 12.2 Å². The maximum Gasteiger partial charge on any atom is 0.0692 e. The summed E-state index contributed by atoms with van der Waals surface area (Å²) < 4.78 is 0.837. The van der Waals surface area contributed by atoms with E-state index in [0.717, 1.165) is 11.0 Å². The van der Waals surface area contributed by atoms with Gasteiger partial charge in [0.05, 0.1) is 10.7 Å². The molecule has 14 heavy (non-hydrogen) atoms. The van der Waals surface area contributed by atoms with Crippen molar-refractivity contribution in [3.8, 4) is 0 Å². The molecule has 0 radical (unpaired) electrons. The van der Waals surface area contributed by atoms with Crippen LogP contribution in [0.4, 0.5) is 0 Å². The van der Waals surface area contributed by atoms with Crippen LogP contribution in [0, 0.1) is 0 Å². The summed E-state index contributed by atoms with van der Waals surface area (Å²) in [6.07, 6.45) is 8.77. The molecule has 0 amide bonds. The van der Waals surface area contributed by atoms with Gasteiger partial charge in [0.15, 0.2) is 0 Å². The molecule has 1 aliphatic heterocycles. The van der Waals surface area contributed by atoms with Gasteiger partial charge in [-0.3, -0.25) is 0 Å².